The van der Waals surface area contributed by atoms with E-state index in [9.17, 15) is 9.59 Å². The molecule has 1 rings (SSSR count). The Balaban J connectivity index is 2.55. The van der Waals surface area contributed by atoms with Gasteiger partial charge in [-0.15, -0.1) is 0 Å². The lowest BCUT2D eigenvalue weighted by molar-refractivity contribution is -0.151. The SMILES string of the molecule is CCCN1CCC(=O)[C@H](C(=O)OC)C1. The predicted molar refractivity (Wildman–Crippen MR) is 51.9 cm³/mol. The van der Waals surface area contributed by atoms with Gasteiger partial charge in [0.2, 0.25) is 0 Å². The highest BCUT2D eigenvalue weighted by molar-refractivity contribution is 5.99. The first-order valence-electron chi connectivity index (χ1n) is 5.02. The first kappa shape index (κ1) is 11.2. The molecule has 1 heterocycles. The molecule has 0 spiro atoms. The Kier molecular flexibility index (Phi) is 4.07. The summed E-state index contributed by atoms with van der Waals surface area (Å²) in [6, 6.07) is 0. The number of piperidine rings is 1. The number of likely N-dealkylation sites (tertiary alicyclic amines) is 1. The van der Waals surface area contributed by atoms with Gasteiger partial charge in [0.15, 0.2) is 0 Å². The standard InChI is InChI=1S/C10H17NO3/c1-3-5-11-6-4-9(12)8(7-11)10(13)14-2/h8H,3-7H2,1-2H3/t8-/m1/s1. The second kappa shape index (κ2) is 5.10. The quantitative estimate of drug-likeness (QED) is 0.489. The molecule has 80 valence electrons. The van der Waals surface area contributed by atoms with Gasteiger partial charge >= 0.3 is 5.97 Å². The smallest absolute Gasteiger partial charge is 0.317 e. The topological polar surface area (TPSA) is 46.6 Å². The molecule has 0 bridgehead atoms. The molecule has 4 heteroatoms. The molecule has 4 nitrogen and oxygen atoms in total. The highest BCUT2D eigenvalue weighted by Gasteiger charge is 2.32. The van der Waals surface area contributed by atoms with E-state index in [2.05, 4.69) is 16.6 Å². The van der Waals surface area contributed by atoms with Gasteiger partial charge in [-0.3, -0.25) is 9.59 Å². The highest BCUT2D eigenvalue weighted by atomic mass is 16.5. The first-order chi connectivity index (χ1) is 6.69. The van der Waals surface area contributed by atoms with Gasteiger partial charge in [0.05, 0.1) is 7.11 Å². The summed E-state index contributed by atoms with van der Waals surface area (Å²) < 4.78 is 4.60. The number of hydrogen-bond acceptors (Lipinski definition) is 4. The van der Waals surface area contributed by atoms with E-state index in [1.54, 1.807) is 0 Å². The molecule has 1 fully saturated rings. The molecule has 0 amide bonds. The van der Waals surface area contributed by atoms with Gasteiger partial charge < -0.3 is 9.64 Å². The molecular formula is C10H17NO3. The number of Topliss-reactive ketones (excluding diaryl/α,β-unsaturated/α-hetero) is 1. The van der Waals surface area contributed by atoms with Crippen LogP contribution in [0.4, 0.5) is 0 Å². The number of methoxy groups -OCH3 is 1. The Morgan fingerprint density at radius 2 is 2.36 bits per heavy atom. The average Bonchev–Trinajstić information content (AvgIpc) is 2.20. The van der Waals surface area contributed by atoms with E-state index in [4.69, 9.17) is 0 Å². The van der Waals surface area contributed by atoms with Gasteiger partial charge in [-0.1, -0.05) is 6.92 Å². The second-order valence-corrected chi connectivity index (χ2v) is 3.59. The Hall–Kier alpha value is -0.900. The van der Waals surface area contributed by atoms with Crippen LogP contribution in [0.3, 0.4) is 0 Å². The first-order valence-corrected chi connectivity index (χ1v) is 5.02. The Morgan fingerprint density at radius 1 is 1.64 bits per heavy atom. The maximum atomic E-state index is 11.4. The van der Waals surface area contributed by atoms with E-state index in [1.165, 1.54) is 7.11 Å². The average molecular weight is 199 g/mol. The lowest BCUT2D eigenvalue weighted by Crippen LogP contribution is -2.44. The molecule has 1 aliphatic rings. The van der Waals surface area contributed by atoms with E-state index in [0.717, 1.165) is 19.5 Å². The zero-order chi connectivity index (χ0) is 10.6. The lowest BCUT2D eigenvalue weighted by atomic mass is 9.96. The van der Waals surface area contributed by atoms with E-state index in [0.29, 0.717) is 13.0 Å². The Morgan fingerprint density at radius 3 is 2.93 bits per heavy atom. The molecule has 0 aromatic carbocycles. The van der Waals surface area contributed by atoms with Gasteiger partial charge in [-0.2, -0.15) is 0 Å². The van der Waals surface area contributed by atoms with E-state index in [1.807, 2.05) is 0 Å². The largest absolute Gasteiger partial charge is 0.468 e. The van der Waals surface area contributed by atoms with Crippen molar-refractivity contribution >= 4 is 11.8 Å². The number of rotatable bonds is 3. The van der Waals surface area contributed by atoms with Crippen molar-refractivity contribution in [2.24, 2.45) is 5.92 Å². The Labute approximate surface area is 84.2 Å². The monoisotopic (exact) mass is 199 g/mol. The molecule has 14 heavy (non-hydrogen) atoms. The van der Waals surface area contributed by atoms with Gasteiger partial charge in [0.1, 0.15) is 11.7 Å². The third-order valence-electron chi connectivity index (χ3n) is 2.53. The summed E-state index contributed by atoms with van der Waals surface area (Å²) in [5, 5.41) is 0. The fraction of sp³-hybridized carbons (Fsp3) is 0.800. The van der Waals surface area contributed by atoms with Crippen molar-refractivity contribution in [1.29, 1.82) is 0 Å². The third kappa shape index (κ3) is 2.54. The van der Waals surface area contributed by atoms with Crippen LogP contribution in [0.15, 0.2) is 0 Å². The molecule has 0 N–H and O–H groups in total. The van der Waals surface area contributed by atoms with Crippen molar-refractivity contribution in [3.63, 3.8) is 0 Å². The van der Waals surface area contributed by atoms with Crippen molar-refractivity contribution < 1.29 is 14.3 Å². The number of esters is 1. The predicted octanol–water partition coefficient (Wildman–Crippen LogP) is 0.460. The summed E-state index contributed by atoms with van der Waals surface area (Å²) >= 11 is 0. The number of carbonyl (C=O) groups excluding carboxylic acids is 2. The number of ketones is 1. The van der Waals surface area contributed by atoms with Crippen LogP contribution in [0, 0.1) is 5.92 Å². The summed E-state index contributed by atoms with van der Waals surface area (Å²) in [5.74, 6) is -0.930. The summed E-state index contributed by atoms with van der Waals surface area (Å²) in [6.45, 7) is 4.34. The van der Waals surface area contributed by atoms with E-state index < -0.39 is 11.9 Å². The molecule has 1 atom stereocenters. The number of hydrogen-bond donors (Lipinski definition) is 0. The number of carbonyl (C=O) groups is 2. The zero-order valence-corrected chi connectivity index (χ0v) is 8.78. The van der Waals surface area contributed by atoms with Crippen molar-refractivity contribution in [3.05, 3.63) is 0 Å². The fourth-order valence-corrected chi connectivity index (χ4v) is 1.76. The van der Waals surface area contributed by atoms with Crippen LogP contribution in [0.5, 0.6) is 0 Å². The fourth-order valence-electron chi connectivity index (χ4n) is 1.76. The van der Waals surface area contributed by atoms with Crippen LogP contribution in [0.1, 0.15) is 19.8 Å². The molecule has 0 aromatic heterocycles. The van der Waals surface area contributed by atoms with Crippen molar-refractivity contribution in [3.8, 4) is 0 Å². The second-order valence-electron chi connectivity index (χ2n) is 3.59. The highest BCUT2D eigenvalue weighted by Crippen LogP contribution is 2.14. The molecule has 0 aromatic rings. The maximum absolute atomic E-state index is 11.4. The van der Waals surface area contributed by atoms with Gasteiger partial charge in [0.25, 0.3) is 0 Å². The van der Waals surface area contributed by atoms with Crippen molar-refractivity contribution in [2.45, 2.75) is 19.8 Å². The van der Waals surface area contributed by atoms with Crippen LogP contribution in [0.2, 0.25) is 0 Å². The number of ether oxygens (including phenoxy) is 1. The summed E-state index contributed by atoms with van der Waals surface area (Å²) in [6.07, 6.45) is 1.52. The summed E-state index contributed by atoms with van der Waals surface area (Å²) in [4.78, 5) is 24.8. The number of nitrogens with zero attached hydrogens (tertiary/aromatic N) is 1. The van der Waals surface area contributed by atoms with Gasteiger partial charge in [0, 0.05) is 19.5 Å². The maximum Gasteiger partial charge on any atom is 0.317 e. The minimum absolute atomic E-state index is 0.0178. The molecule has 1 aliphatic heterocycles. The molecule has 0 unspecified atom stereocenters. The zero-order valence-electron chi connectivity index (χ0n) is 8.78. The van der Waals surface area contributed by atoms with Crippen molar-refractivity contribution in [1.82, 2.24) is 4.90 Å². The van der Waals surface area contributed by atoms with Gasteiger partial charge in [-0.05, 0) is 13.0 Å². The van der Waals surface area contributed by atoms with Crippen LogP contribution in [-0.2, 0) is 14.3 Å². The molecule has 0 radical (unpaired) electrons. The Bertz CT molecular complexity index is 219. The van der Waals surface area contributed by atoms with Crippen LogP contribution < -0.4 is 0 Å². The third-order valence-corrected chi connectivity index (χ3v) is 2.53. The summed E-state index contributed by atoms with van der Waals surface area (Å²) in [5.41, 5.74) is 0. The lowest BCUT2D eigenvalue weighted by Gasteiger charge is -2.29. The molecular weight excluding hydrogens is 182 g/mol. The summed E-state index contributed by atoms with van der Waals surface area (Å²) in [7, 11) is 1.33. The minimum atomic E-state index is -0.555. The van der Waals surface area contributed by atoms with Gasteiger partial charge in [-0.25, -0.2) is 0 Å². The minimum Gasteiger partial charge on any atom is -0.468 e. The molecule has 0 aliphatic carbocycles. The normalized spacial score (nSPS) is 23.6. The van der Waals surface area contributed by atoms with Crippen LogP contribution >= 0.6 is 0 Å². The van der Waals surface area contributed by atoms with E-state index >= 15 is 0 Å². The molecule has 0 saturated carbocycles. The van der Waals surface area contributed by atoms with Crippen LogP contribution in [-0.4, -0.2) is 43.4 Å². The van der Waals surface area contributed by atoms with Crippen molar-refractivity contribution in [2.75, 3.05) is 26.7 Å². The molecule has 1 saturated heterocycles. The van der Waals surface area contributed by atoms with E-state index in [-0.39, 0.29) is 5.78 Å². The van der Waals surface area contributed by atoms with Crippen LogP contribution in [0.25, 0.3) is 0 Å².